The van der Waals surface area contributed by atoms with Gasteiger partial charge in [-0.1, -0.05) is 0 Å². The molecule has 1 aromatic rings. The third-order valence-electron chi connectivity index (χ3n) is 4.55. The van der Waals surface area contributed by atoms with Crippen LogP contribution in [0.4, 0.5) is 8.78 Å². The molecule has 0 saturated carbocycles. The molecule has 2 aliphatic heterocycles. The zero-order chi connectivity index (χ0) is 17.2. The Morgan fingerprint density at radius 3 is 2.67 bits per heavy atom. The average Bonchev–Trinajstić information content (AvgIpc) is 2.90. The monoisotopic (exact) mass is 360 g/mol. The van der Waals surface area contributed by atoms with Crippen LogP contribution in [0, 0.1) is 11.6 Å². The van der Waals surface area contributed by atoms with Crippen LogP contribution >= 0.6 is 0 Å². The van der Waals surface area contributed by atoms with Crippen LogP contribution in [-0.2, 0) is 14.8 Å². The van der Waals surface area contributed by atoms with Crippen molar-refractivity contribution < 1.29 is 21.9 Å². The predicted octanol–water partition coefficient (Wildman–Crippen LogP) is 1.84. The molecule has 2 heterocycles. The number of hydrogen-bond acceptors (Lipinski definition) is 4. The van der Waals surface area contributed by atoms with Gasteiger partial charge >= 0.3 is 0 Å². The topological polar surface area (TPSA) is 49.9 Å². The third kappa shape index (κ3) is 3.93. The highest BCUT2D eigenvalue weighted by Gasteiger charge is 2.30. The lowest BCUT2D eigenvalue weighted by atomic mass is 10.2. The first-order valence-electron chi connectivity index (χ1n) is 8.26. The third-order valence-corrected chi connectivity index (χ3v) is 6.48. The molecule has 2 fully saturated rings. The van der Waals surface area contributed by atoms with E-state index >= 15 is 0 Å². The standard InChI is InChI=1S/C16H22F2N2O3S/c17-13-4-5-16(15(18)11-13)24(21,22)20-7-2-6-19(8-9-20)12-14-3-1-10-23-14/h4-5,11,14H,1-3,6-10,12H2/t14-/m1/s1. The number of benzene rings is 1. The minimum atomic E-state index is -3.95. The van der Waals surface area contributed by atoms with E-state index in [1.807, 2.05) is 0 Å². The fraction of sp³-hybridized carbons (Fsp3) is 0.625. The number of nitrogens with zero attached hydrogens (tertiary/aromatic N) is 2. The van der Waals surface area contributed by atoms with Crippen molar-refractivity contribution in [3.8, 4) is 0 Å². The van der Waals surface area contributed by atoms with E-state index in [1.165, 1.54) is 4.31 Å². The summed E-state index contributed by atoms with van der Waals surface area (Å²) in [6, 6.07) is 2.57. The van der Waals surface area contributed by atoms with E-state index in [1.54, 1.807) is 0 Å². The molecule has 2 aliphatic rings. The summed E-state index contributed by atoms with van der Waals surface area (Å²) in [5.41, 5.74) is 0. The zero-order valence-corrected chi connectivity index (χ0v) is 14.3. The van der Waals surface area contributed by atoms with E-state index in [9.17, 15) is 17.2 Å². The van der Waals surface area contributed by atoms with E-state index in [4.69, 9.17) is 4.74 Å². The largest absolute Gasteiger partial charge is 0.377 e. The molecule has 24 heavy (non-hydrogen) atoms. The summed E-state index contributed by atoms with van der Waals surface area (Å²) >= 11 is 0. The molecule has 134 valence electrons. The maximum absolute atomic E-state index is 13.9. The Balaban J connectivity index is 1.68. The lowest BCUT2D eigenvalue weighted by Crippen LogP contribution is -2.37. The van der Waals surface area contributed by atoms with Gasteiger partial charge in [0.2, 0.25) is 10.0 Å². The first-order chi connectivity index (χ1) is 11.5. The normalized spacial score (nSPS) is 24.2. The van der Waals surface area contributed by atoms with E-state index < -0.39 is 26.6 Å². The van der Waals surface area contributed by atoms with E-state index in [0.717, 1.165) is 44.7 Å². The van der Waals surface area contributed by atoms with Gasteiger partial charge in [-0.3, -0.25) is 4.90 Å². The van der Waals surface area contributed by atoms with Crippen molar-refractivity contribution in [3.63, 3.8) is 0 Å². The van der Waals surface area contributed by atoms with E-state index in [-0.39, 0.29) is 6.10 Å². The smallest absolute Gasteiger partial charge is 0.246 e. The zero-order valence-electron chi connectivity index (χ0n) is 13.5. The number of halogens is 2. The van der Waals surface area contributed by atoms with Crippen LogP contribution in [-0.4, -0.2) is 63.1 Å². The molecular formula is C16H22F2N2O3S. The van der Waals surface area contributed by atoms with Crippen LogP contribution < -0.4 is 0 Å². The molecule has 8 heteroatoms. The van der Waals surface area contributed by atoms with E-state index in [2.05, 4.69) is 4.90 Å². The van der Waals surface area contributed by atoms with Crippen molar-refractivity contribution in [3.05, 3.63) is 29.8 Å². The first-order valence-corrected chi connectivity index (χ1v) is 9.70. The Hall–Kier alpha value is -1.09. The quantitative estimate of drug-likeness (QED) is 0.822. The Morgan fingerprint density at radius 1 is 1.12 bits per heavy atom. The average molecular weight is 360 g/mol. The molecule has 0 spiro atoms. The Labute approximate surface area is 141 Å². The van der Waals surface area contributed by atoms with Crippen LogP contribution in [0.15, 0.2) is 23.1 Å². The molecule has 0 unspecified atom stereocenters. The summed E-state index contributed by atoms with van der Waals surface area (Å²) in [4.78, 5) is 1.74. The highest BCUT2D eigenvalue weighted by molar-refractivity contribution is 7.89. The van der Waals surface area contributed by atoms with E-state index in [0.29, 0.717) is 32.1 Å². The Bertz CT molecular complexity index is 678. The molecule has 0 aliphatic carbocycles. The van der Waals surface area contributed by atoms with Gasteiger partial charge in [0.05, 0.1) is 6.10 Å². The van der Waals surface area contributed by atoms with Gasteiger partial charge in [0.25, 0.3) is 0 Å². The molecule has 0 aromatic heterocycles. The van der Waals surface area contributed by atoms with Gasteiger partial charge < -0.3 is 4.74 Å². The minimum absolute atomic E-state index is 0.225. The number of ether oxygens (including phenoxy) is 1. The summed E-state index contributed by atoms with van der Waals surface area (Å²) in [7, 11) is -3.95. The molecule has 0 N–H and O–H groups in total. The van der Waals surface area contributed by atoms with Crippen LogP contribution in [0.25, 0.3) is 0 Å². The van der Waals surface area contributed by atoms with Crippen molar-refractivity contribution in [1.29, 1.82) is 0 Å². The van der Waals surface area contributed by atoms with Gasteiger partial charge in [-0.25, -0.2) is 17.2 Å². The second-order valence-electron chi connectivity index (χ2n) is 6.27. The Kier molecular flexibility index (Phi) is 5.49. The number of sulfonamides is 1. The van der Waals surface area contributed by atoms with Gasteiger partial charge in [0, 0.05) is 38.9 Å². The summed E-state index contributed by atoms with van der Waals surface area (Å²) in [5, 5.41) is 0. The Morgan fingerprint density at radius 2 is 1.96 bits per heavy atom. The van der Waals surface area contributed by atoms with Crippen LogP contribution in [0.1, 0.15) is 19.3 Å². The van der Waals surface area contributed by atoms with Gasteiger partial charge in [-0.05, 0) is 37.9 Å². The SMILES string of the molecule is O=S(=O)(c1ccc(F)cc1F)N1CCCN(C[C@H]2CCCO2)CC1. The highest BCUT2D eigenvalue weighted by atomic mass is 32.2. The second-order valence-corrected chi connectivity index (χ2v) is 8.17. The molecule has 1 aromatic carbocycles. The molecule has 0 bridgehead atoms. The first kappa shape index (κ1) is 17.7. The second kappa shape index (κ2) is 7.43. The van der Waals surface area contributed by atoms with Crippen molar-refractivity contribution in [2.24, 2.45) is 0 Å². The lowest BCUT2D eigenvalue weighted by molar-refractivity contribution is 0.0749. The fourth-order valence-corrected chi connectivity index (χ4v) is 4.78. The molecule has 3 rings (SSSR count). The van der Waals surface area contributed by atoms with Crippen molar-refractivity contribution in [2.45, 2.75) is 30.3 Å². The molecule has 2 saturated heterocycles. The van der Waals surface area contributed by atoms with Gasteiger partial charge in [-0.2, -0.15) is 4.31 Å². The van der Waals surface area contributed by atoms with Gasteiger partial charge in [0.1, 0.15) is 16.5 Å². The van der Waals surface area contributed by atoms with Gasteiger partial charge in [-0.15, -0.1) is 0 Å². The van der Waals surface area contributed by atoms with Gasteiger partial charge in [0.15, 0.2) is 0 Å². The maximum Gasteiger partial charge on any atom is 0.246 e. The summed E-state index contributed by atoms with van der Waals surface area (Å²) in [5.74, 6) is -1.83. The highest BCUT2D eigenvalue weighted by Crippen LogP contribution is 2.22. The van der Waals surface area contributed by atoms with Crippen LogP contribution in [0.2, 0.25) is 0 Å². The van der Waals surface area contributed by atoms with Crippen LogP contribution in [0.5, 0.6) is 0 Å². The molecule has 0 amide bonds. The van der Waals surface area contributed by atoms with Crippen molar-refractivity contribution >= 4 is 10.0 Å². The van der Waals surface area contributed by atoms with Crippen molar-refractivity contribution in [2.75, 3.05) is 39.3 Å². The summed E-state index contributed by atoms with van der Waals surface area (Å²) in [6.45, 7) is 3.61. The summed E-state index contributed by atoms with van der Waals surface area (Å²) < 4.78 is 59.1. The number of rotatable bonds is 4. The lowest BCUT2D eigenvalue weighted by Gasteiger charge is -2.24. The van der Waals surface area contributed by atoms with Crippen molar-refractivity contribution in [1.82, 2.24) is 9.21 Å². The molecular weight excluding hydrogens is 338 g/mol. The fourth-order valence-electron chi connectivity index (χ4n) is 3.27. The maximum atomic E-state index is 13.9. The number of hydrogen-bond donors (Lipinski definition) is 0. The molecule has 0 radical (unpaired) electrons. The molecule has 5 nitrogen and oxygen atoms in total. The minimum Gasteiger partial charge on any atom is -0.377 e. The molecule has 1 atom stereocenters. The predicted molar refractivity (Wildman–Crippen MR) is 85.1 cm³/mol. The summed E-state index contributed by atoms with van der Waals surface area (Å²) in [6.07, 6.45) is 3.01. The van der Waals surface area contributed by atoms with Crippen LogP contribution in [0.3, 0.4) is 0 Å².